The molecule has 1 N–H and O–H groups in total. The fourth-order valence-corrected chi connectivity index (χ4v) is 3.51. The number of aromatic nitrogens is 2. The first-order chi connectivity index (χ1) is 9.34. The van der Waals surface area contributed by atoms with Crippen molar-refractivity contribution in [1.29, 1.82) is 0 Å². The fraction of sp³-hybridized carbons (Fsp3) is 0.643. The summed E-state index contributed by atoms with van der Waals surface area (Å²) in [4.78, 5) is 21.9. The van der Waals surface area contributed by atoms with Gasteiger partial charge in [-0.05, 0) is 12.8 Å². The molecule has 2 aliphatic heterocycles. The smallest absolute Gasteiger partial charge is 0.259 e. The number of hydrogen-bond donors (Lipinski definition) is 1. The molecule has 5 heteroatoms. The van der Waals surface area contributed by atoms with Crippen LogP contribution in [0.4, 0.5) is 0 Å². The summed E-state index contributed by atoms with van der Waals surface area (Å²) in [6.07, 6.45) is 4.97. The molecule has 0 unspecified atom stereocenters. The molecule has 1 aliphatic carbocycles. The van der Waals surface area contributed by atoms with E-state index in [1.165, 1.54) is 25.7 Å². The summed E-state index contributed by atoms with van der Waals surface area (Å²) in [5, 5.41) is 3.28. The Kier molecular flexibility index (Phi) is 2.55. The second-order valence-corrected chi connectivity index (χ2v) is 5.67. The zero-order chi connectivity index (χ0) is 12.8. The Bertz CT molecular complexity index is 611. The molecule has 1 aromatic heterocycles. The fourth-order valence-electron chi connectivity index (χ4n) is 3.51. The lowest BCUT2D eigenvalue weighted by Crippen LogP contribution is -2.39. The van der Waals surface area contributed by atoms with Gasteiger partial charge < -0.3 is 5.32 Å². The van der Waals surface area contributed by atoms with E-state index >= 15 is 0 Å². The van der Waals surface area contributed by atoms with Crippen molar-refractivity contribution in [2.75, 3.05) is 6.54 Å². The molecule has 0 aromatic carbocycles. The van der Waals surface area contributed by atoms with E-state index in [4.69, 9.17) is 4.98 Å². The van der Waals surface area contributed by atoms with Crippen LogP contribution in [0.2, 0.25) is 0 Å². The van der Waals surface area contributed by atoms with Gasteiger partial charge in [0.15, 0.2) is 0 Å². The van der Waals surface area contributed by atoms with Gasteiger partial charge in [0.2, 0.25) is 0 Å². The van der Waals surface area contributed by atoms with Crippen molar-refractivity contribution in [3.05, 3.63) is 27.4 Å². The van der Waals surface area contributed by atoms with E-state index in [0.717, 1.165) is 35.9 Å². The van der Waals surface area contributed by atoms with Gasteiger partial charge in [0.25, 0.3) is 5.56 Å². The van der Waals surface area contributed by atoms with Crippen molar-refractivity contribution in [1.82, 2.24) is 14.9 Å². The maximum Gasteiger partial charge on any atom is 0.259 e. The first-order valence-corrected chi connectivity index (χ1v) is 7.22. The van der Waals surface area contributed by atoms with Crippen molar-refractivity contribution in [2.24, 2.45) is 10.9 Å². The molecule has 1 saturated carbocycles. The average molecular weight is 258 g/mol. The van der Waals surface area contributed by atoms with Gasteiger partial charge in [0, 0.05) is 19.0 Å². The van der Waals surface area contributed by atoms with E-state index in [0.29, 0.717) is 19.0 Å². The molecule has 3 aliphatic rings. The van der Waals surface area contributed by atoms with Crippen molar-refractivity contribution in [2.45, 2.75) is 45.3 Å². The van der Waals surface area contributed by atoms with Crippen LogP contribution in [0.3, 0.4) is 0 Å². The Morgan fingerprint density at radius 2 is 2.11 bits per heavy atom. The SMILES string of the molecule is O=c1c2c(nc3n1CCNC3)C(C1CCCC1)=NC2. The van der Waals surface area contributed by atoms with Crippen LogP contribution in [0.25, 0.3) is 0 Å². The number of aliphatic imine (C=N–C) groups is 1. The largest absolute Gasteiger partial charge is 0.308 e. The Morgan fingerprint density at radius 1 is 1.26 bits per heavy atom. The zero-order valence-corrected chi connectivity index (χ0v) is 11.0. The number of fused-ring (bicyclic) bond motifs is 2. The van der Waals surface area contributed by atoms with Crippen molar-refractivity contribution >= 4 is 5.71 Å². The third kappa shape index (κ3) is 1.68. The minimum absolute atomic E-state index is 0.137. The van der Waals surface area contributed by atoms with Crippen LogP contribution in [0.15, 0.2) is 9.79 Å². The van der Waals surface area contributed by atoms with Crippen LogP contribution in [0.1, 0.15) is 42.8 Å². The van der Waals surface area contributed by atoms with Crippen molar-refractivity contribution in [3.8, 4) is 0 Å². The molecule has 0 bridgehead atoms. The van der Waals surface area contributed by atoms with E-state index in [1.807, 2.05) is 4.57 Å². The third-order valence-electron chi connectivity index (χ3n) is 4.53. The third-order valence-corrected chi connectivity index (χ3v) is 4.53. The number of hydrogen-bond acceptors (Lipinski definition) is 4. The van der Waals surface area contributed by atoms with Gasteiger partial charge in [0.05, 0.1) is 30.1 Å². The molecule has 0 spiro atoms. The highest BCUT2D eigenvalue weighted by Gasteiger charge is 2.31. The van der Waals surface area contributed by atoms with Crippen LogP contribution in [-0.4, -0.2) is 21.8 Å². The average Bonchev–Trinajstić information content (AvgIpc) is 3.07. The van der Waals surface area contributed by atoms with Crippen LogP contribution in [0, 0.1) is 5.92 Å². The van der Waals surface area contributed by atoms with E-state index < -0.39 is 0 Å². The van der Waals surface area contributed by atoms with Gasteiger partial charge >= 0.3 is 0 Å². The lowest BCUT2D eigenvalue weighted by atomic mass is 9.98. The predicted molar refractivity (Wildman–Crippen MR) is 72.4 cm³/mol. The van der Waals surface area contributed by atoms with E-state index in [-0.39, 0.29) is 5.56 Å². The standard InChI is InChI=1S/C14H18N4O/c19-14-10-7-16-12(9-3-1-2-4-9)13(10)17-11-8-15-5-6-18(11)14/h9,15H,1-8H2. The summed E-state index contributed by atoms with van der Waals surface area (Å²) in [6, 6.07) is 0. The lowest BCUT2D eigenvalue weighted by Gasteiger charge is -2.20. The number of nitrogens with one attached hydrogen (secondary N) is 1. The molecule has 1 aromatic rings. The molecule has 1 fully saturated rings. The second kappa shape index (κ2) is 4.27. The van der Waals surface area contributed by atoms with Gasteiger partial charge in [-0.3, -0.25) is 14.4 Å². The number of nitrogens with zero attached hydrogens (tertiary/aromatic N) is 3. The number of rotatable bonds is 1. The molecule has 4 rings (SSSR count). The quantitative estimate of drug-likeness (QED) is 0.812. The van der Waals surface area contributed by atoms with Crippen LogP contribution >= 0.6 is 0 Å². The highest BCUT2D eigenvalue weighted by atomic mass is 16.1. The van der Waals surface area contributed by atoms with Gasteiger partial charge in [-0.2, -0.15) is 0 Å². The monoisotopic (exact) mass is 258 g/mol. The highest BCUT2D eigenvalue weighted by molar-refractivity contribution is 6.03. The van der Waals surface area contributed by atoms with Crippen molar-refractivity contribution < 1.29 is 0 Å². The first kappa shape index (κ1) is 11.3. The molecule has 100 valence electrons. The summed E-state index contributed by atoms with van der Waals surface area (Å²) >= 11 is 0. The Morgan fingerprint density at radius 3 is 2.95 bits per heavy atom. The molecule has 19 heavy (non-hydrogen) atoms. The molecular formula is C14H18N4O. The maximum absolute atomic E-state index is 12.5. The molecule has 0 saturated heterocycles. The normalized spacial score (nSPS) is 22.2. The minimum Gasteiger partial charge on any atom is -0.308 e. The summed E-state index contributed by atoms with van der Waals surface area (Å²) in [5.74, 6) is 1.41. The topological polar surface area (TPSA) is 59.3 Å². The van der Waals surface area contributed by atoms with Crippen LogP contribution < -0.4 is 10.9 Å². The van der Waals surface area contributed by atoms with E-state index in [1.54, 1.807) is 0 Å². The zero-order valence-electron chi connectivity index (χ0n) is 11.0. The molecular weight excluding hydrogens is 240 g/mol. The Labute approximate surface area is 111 Å². The van der Waals surface area contributed by atoms with Crippen LogP contribution in [0.5, 0.6) is 0 Å². The Balaban J connectivity index is 1.81. The summed E-state index contributed by atoms with van der Waals surface area (Å²) in [7, 11) is 0. The maximum atomic E-state index is 12.5. The second-order valence-electron chi connectivity index (χ2n) is 5.67. The summed E-state index contributed by atoms with van der Waals surface area (Å²) in [6.45, 7) is 2.82. The van der Waals surface area contributed by atoms with Crippen molar-refractivity contribution in [3.63, 3.8) is 0 Å². The lowest BCUT2D eigenvalue weighted by molar-refractivity contribution is 0.478. The highest BCUT2D eigenvalue weighted by Crippen LogP contribution is 2.31. The van der Waals surface area contributed by atoms with Gasteiger partial charge in [0.1, 0.15) is 5.82 Å². The van der Waals surface area contributed by atoms with Gasteiger partial charge in [-0.1, -0.05) is 12.8 Å². The Hall–Kier alpha value is -1.49. The molecule has 0 atom stereocenters. The van der Waals surface area contributed by atoms with Gasteiger partial charge in [-0.15, -0.1) is 0 Å². The van der Waals surface area contributed by atoms with Gasteiger partial charge in [-0.25, -0.2) is 4.98 Å². The first-order valence-electron chi connectivity index (χ1n) is 7.22. The molecule has 0 radical (unpaired) electrons. The summed E-state index contributed by atoms with van der Waals surface area (Å²) < 4.78 is 1.82. The van der Waals surface area contributed by atoms with Crippen LogP contribution in [-0.2, 0) is 19.6 Å². The molecule has 3 heterocycles. The molecule has 5 nitrogen and oxygen atoms in total. The predicted octanol–water partition coefficient (Wildman–Crippen LogP) is 0.839. The molecule has 0 amide bonds. The van der Waals surface area contributed by atoms with E-state index in [9.17, 15) is 4.79 Å². The van der Waals surface area contributed by atoms with E-state index in [2.05, 4.69) is 10.3 Å². The summed E-state index contributed by atoms with van der Waals surface area (Å²) in [5.41, 5.74) is 2.98. The minimum atomic E-state index is 0.137.